The minimum absolute atomic E-state index is 0.128. The fraction of sp³-hybridized carbons (Fsp3) is 1.00. The van der Waals surface area contributed by atoms with Crippen LogP contribution in [0.5, 0.6) is 0 Å². The summed E-state index contributed by atoms with van der Waals surface area (Å²) >= 11 is 0. The van der Waals surface area contributed by atoms with Gasteiger partial charge in [-0.15, -0.1) is 0 Å². The van der Waals surface area contributed by atoms with E-state index in [1.165, 1.54) is 0 Å². The molecule has 0 atom stereocenters. The summed E-state index contributed by atoms with van der Waals surface area (Å²) < 4.78 is 44.8. The Hall–Kier alpha value is -0.330. The van der Waals surface area contributed by atoms with E-state index < -0.39 is 12.8 Å². The van der Waals surface area contributed by atoms with Crippen LogP contribution in [0, 0.1) is 5.41 Å². The summed E-state index contributed by atoms with van der Waals surface area (Å²) in [5, 5.41) is 3.22. The normalized spacial score (nSPS) is 13.0. The molecular weight excluding hydrogens is 247 g/mol. The number of methoxy groups -OCH3 is 1. The van der Waals surface area contributed by atoms with Gasteiger partial charge in [0.05, 0.1) is 0 Å². The van der Waals surface area contributed by atoms with E-state index in [2.05, 4.69) is 23.9 Å². The molecule has 6 heteroatoms. The molecule has 0 aromatic heterocycles. The van der Waals surface area contributed by atoms with Gasteiger partial charge >= 0.3 is 6.18 Å². The zero-order valence-corrected chi connectivity index (χ0v) is 11.4. The van der Waals surface area contributed by atoms with Crippen LogP contribution in [0.15, 0.2) is 0 Å². The van der Waals surface area contributed by atoms with Crippen LogP contribution in [0.4, 0.5) is 13.2 Å². The van der Waals surface area contributed by atoms with Crippen LogP contribution in [0.2, 0.25) is 0 Å². The van der Waals surface area contributed by atoms with Crippen molar-refractivity contribution in [2.24, 2.45) is 5.41 Å². The predicted molar refractivity (Wildman–Crippen MR) is 64.6 cm³/mol. The van der Waals surface area contributed by atoms with E-state index in [0.717, 1.165) is 13.0 Å². The molecule has 0 aliphatic carbocycles. The molecule has 0 unspecified atom stereocenters. The van der Waals surface area contributed by atoms with E-state index in [1.54, 1.807) is 7.11 Å². The zero-order chi connectivity index (χ0) is 14.1. The number of nitrogens with one attached hydrogen (secondary N) is 1. The van der Waals surface area contributed by atoms with E-state index >= 15 is 0 Å². The van der Waals surface area contributed by atoms with Gasteiger partial charge in [0, 0.05) is 26.9 Å². The molecule has 0 fully saturated rings. The van der Waals surface area contributed by atoms with Crippen LogP contribution >= 0.6 is 0 Å². The number of alkyl halides is 3. The largest absolute Gasteiger partial charge is 0.411 e. The number of rotatable bonds is 10. The molecule has 0 radical (unpaired) electrons. The van der Waals surface area contributed by atoms with Crippen LogP contribution in [0.1, 0.15) is 26.7 Å². The summed E-state index contributed by atoms with van der Waals surface area (Å²) in [7, 11) is 1.67. The minimum Gasteiger partial charge on any atom is -0.385 e. The Morgan fingerprint density at radius 1 is 1.11 bits per heavy atom. The molecule has 0 aliphatic rings. The van der Waals surface area contributed by atoms with Gasteiger partial charge < -0.3 is 14.8 Å². The lowest BCUT2D eigenvalue weighted by molar-refractivity contribution is -0.173. The Bertz CT molecular complexity index is 208. The maximum Gasteiger partial charge on any atom is 0.411 e. The molecule has 0 saturated heterocycles. The topological polar surface area (TPSA) is 30.5 Å². The van der Waals surface area contributed by atoms with Crippen LogP contribution in [-0.2, 0) is 9.47 Å². The van der Waals surface area contributed by atoms with E-state index in [1.807, 2.05) is 0 Å². The second-order valence-electron chi connectivity index (χ2n) is 5.11. The highest BCUT2D eigenvalue weighted by molar-refractivity contribution is 4.71. The molecule has 110 valence electrons. The van der Waals surface area contributed by atoms with Gasteiger partial charge in [-0.1, -0.05) is 13.8 Å². The summed E-state index contributed by atoms with van der Waals surface area (Å²) in [5.74, 6) is 0. The van der Waals surface area contributed by atoms with Gasteiger partial charge in [-0.2, -0.15) is 13.2 Å². The summed E-state index contributed by atoms with van der Waals surface area (Å²) in [4.78, 5) is 0. The summed E-state index contributed by atoms with van der Waals surface area (Å²) in [5.41, 5.74) is 0.128. The van der Waals surface area contributed by atoms with Gasteiger partial charge in [0.25, 0.3) is 0 Å². The number of halogens is 3. The first kappa shape index (κ1) is 17.7. The minimum atomic E-state index is -4.23. The highest BCUT2D eigenvalue weighted by Crippen LogP contribution is 2.18. The Morgan fingerprint density at radius 2 is 1.78 bits per heavy atom. The molecule has 3 nitrogen and oxygen atoms in total. The third-order valence-electron chi connectivity index (χ3n) is 2.49. The third kappa shape index (κ3) is 12.1. The van der Waals surface area contributed by atoms with Gasteiger partial charge in [0.2, 0.25) is 0 Å². The maximum absolute atomic E-state index is 11.8. The molecule has 0 spiro atoms. The third-order valence-corrected chi connectivity index (χ3v) is 2.49. The van der Waals surface area contributed by atoms with Crippen molar-refractivity contribution in [3.05, 3.63) is 0 Å². The number of hydrogen-bond acceptors (Lipinski definition) is 3. The average molecular weight is 271 g/mol. The summed E-state index contributed by atoms with van der Waals surface area (Å²) in [6.07, 6.45) is -2.70. The first-order valence-electron chi connectivity index (χ1n) is 6.11. The van der Waals surface area contributed by atoms with Crippen LogP contribution in [0.25, 0.3) is 0 Å². The van der Waals surface area contributed by atoms with Crippen LogP contribution in [0.3, 0.4) is 0 Å². The first-order chi connectivity index (χ1) is 8.27. The highest BCUT2D eigenvalue weighted by atomic mass is 19.4. The molecule has 0 aromatic carbocycles. The number of ether oxygens (including phenoxy) is 2. The standard InChI is InChI=1S/C12H24F3NO2/c1-11(2,5-8-17-3)9-16-6-4-7-18-10-12(13,14)15/h16H,4-10H2,1-3H3. The summed E-state index contributed by atoms with van der Waals surface area (Å²) in [6.45, 7) is 5.41. The molecule has 0 rings (SSSR count). The second-order valence-corrected chi connectivity index (χ2v) is 5.11. The Kier molecular flexibility index (Phi) is 8.56. The van der Waals surface area contributed by atoms with Gasteiger partial charge in [-0.05, 0) is 24.8 Å². The molecule has 1 N–H and O–H groups in total. The lowest BCUT2D eigenvalue weighted by Gasteiger charge is -2.24. The Morgan fingerprint density at radius 3 is 2.33 bits per heavy atom. The van der Waals surface area contributed by atoms with Crippen molar-refractivity contribution >= 4 is 0 Å². The lowest BCUT2D eigenvalue weighted by atomic mass is 9.90. The van der Waals surface area contributed by atoms with Crippen LogP contribution < -0.4 is 5.32 Å². The van der Waals surface area contributed by atoms with Crippen LogP contribution in [-0.4, -0.2) is 46.2 Å². The predicted octanol–water partition coefficient (Wildman–Crippen LogP) is 2.61. The van der Waals surface area contributed by atoms with Crippen molar-refractivity contribution in [1.29, 1.82) is 0 Å². The van der Waals surface area contributed by atoms with E-state index in [0.29, 0.717) is 19.6 Å². The maximum atomic E-state index is 11.8. The van der Waals surface area contributed by atoms with Gasteiger partial charge in [0.1, 0.15) is 6.61 Å². The summed E-state index contributed by atoms with van der Waals surface area (Å²) in [6, 6.07) is 0. The van der Waals surface area contributed by atoms with Crippen molar-refractivity contribution in [2.75, 3.05) is 40.0 Å². The first-order valence-corrected chi connectivity index (χ1v) is 6.11. The lowest BCUT2D eigenvalue weighted by Crippen LogP contribution is -2.31. The fourth-order valence-electron chi connectivity index (χ4n) is 1.38. The molecule has 0 bridgehead atoms. The monoisotopic (exact) mass is 271 g/mol. The van der Waals surface area contributed by atoms with Crippen molar-refractivity contribution in [3.63, 3.8) is 0 Å². The van der Waals surface area contributed by atoms with Crippen molar-refractivity contribution in [1.82, 2.24) is 5.32 Å². The van der Waals surface area contributed by atoms with Crippen molar-refractivity contribution in [2.45, 2.75) is 32.9 Å². The van der Waals surface area contributed by atoms with E-state index in [4.69, 9.17) is 4.74 Å². The highest BCUT2D eigenvalue weighted by Gasteiger charge is 2.27. The van der Waals surface area contributed by atoms with Gasteiger partial charge in [-0.3, -0.25) is 0 Å². The Balaban J connectivity index is 3.39. The van der Waals surface area contributed by atoms with E-state index in [-0.39, 0.29) is 12.0 Å². The fourth-order valence-corrected chi connectivity index (χ4v) is 1.38. The Labute approximate surface area is 107 Å². The SMILES string of the molecule is COCCC(C)(C)CNCCCOCC(F)(F)F. The van der Waals surface area contributed by atoms with Gasteiger partial charge in [-0.25, -0.2) is 0 Å². The zero-order valence-electron chi connectivity index (χ0n) is 11.4. The quantitative estimate of drug-likeness (QED) is 0.620. The average Bonchev–Trinajstić information content (AvgIpc) is 2.23. The van der Waals surface area contributed by atoms with E-state index in [9.17, 15) is 13.2 Å². The molecule has 0 heterocycles. The second kappa shape index (κ2) is 8.72. The molecule has 0 saturated carbocycles. The molecule has 0 amide bonds. The smallest absolute Gasteiger partial charge is 0.385 e. The molecule has 0 aromatic rings. The molecule has 18 heavy (non-hydrogen) atoms. The van der Waals surface area contributed by atoms with Crippen molar-refractivity contribution < 1.29 is 22.6 Å². The molecule has 0 aliphatic heterocycles. The van der Waals surface area contributed by atoms with Crippen molar-refractivity contribution in [3.8, 4) is 0 Å². The molecular formula is C12H24F3NO2. The number of hydrogen-bond donors (Lipinski definition) is 1. The van der Waals surface area contributed by atoms with Gasteiger partial charge in [0.15, 0.2) is 0 Å².